The average Bonchev–Trinajstić information content (AvgIpc) is 2.77. The summed E-state index contributed by atoms with van der Waals surface area (Å²) >= 11 is 6.14. The first-order valence-electron chi connectivity index (χ1n) is 6.58. The van der Waals surface area contributed by atoms with Crippen LogP contribution in [0.1, 0.15) is 40.8 Å². The fourth-order valence-corrected chi connectivity index (χ4v) is 2.62. The molecule has 0 radical (unpaired) electrons. The Kier molecular flexibility index (Phi) is 4.33. The molecule has 3 heteroatoms. The highest BCUT2D eigenvalue weighted by Crippen LogP contribution is 2.32. The largest absolute Gasteiger partial charge is 0.453 e. The van der Waals surface area contributed by atoms with Crippen LogP contribution in [0.3, 0.4) is 0 Å². The Morgan fingerprint density at radius 1 is 1.11 bits per heavy atom. The van der Waals surface area contributed by atoms with Gasteiger partial charge in [-0.3, -0.25) is 0 Å². The molecular formula is C16H20ClNO. The SMILES string of the molecule is CCNC(c1cc(C)c(C)cc1C)c1ccoc1Cl. The molecule has 19 heavy (non-hydrogen) atoms. The van der Waals surface area contributed by atoms with Crippen molar-refractivity contribution < 1.29 is 4.42 Å². The van der Waals surface area contributed by atoms with Gasteiger partial charge in [0.15, 0.2) is 5.22 Å². The normalized spacial score (nSPS) is 12.7. The lowest BCUT2D eigenvalue weighted by molar-refractivity contribution is 0.554. The second kappa shape index (κ2) is 5.81. The van der Waals surface area contributed by atoms with Crippen LogP contribution >= 0.6 is 11.6 Å². The van der Waals surface area contributed by atoms with E-state index in [2.05, 4.69) is 45.1 Å². The molecule has 0 amide bonds. The van der Waals surface area contributed by atoms with E-state index in [9.17, 15) is 0 Å². The summed E-state index contributed by atoms with van der Waals surface area (Å²) < 4.78 is 5.23. The van der Waals surface area contributed by atoms with Gasteiger partial charge in [-0.2, -0.15) is 0 Å². The molecule has 0 fully saturated rings. The van der Waals surface area contributed by atoms with Gasteiger partial charge < -0.3 is 9.73 Å². The summed E-state index contributed by atoms with van der Waals surface area (Å²) in [4.78, 5) is 0. The van der Waals surface area contributed by atoms with Gasteiger partial charge in [-0.1, -0.05) is 19.1 Å². The van der Waals surface area contributed by atoms with Crippen molar-refractivity contribution in [3.8, 4) is 0 Å². The van der Waals surface area contributed by atoms with E-state index >= 15 is 0 Å². The van der Waals surface area contributed by atoms with Crippen molar-refractivity contribution in [2.24, 2.45) is 0 Å². The number of aryl methyl sites for hydroxylation is 3. The Labute approximate surface area is 119 Å². The third kappa shape index (κ3) is 2.85. The van der Waals surface area contributed by atoms with Crippen molar-refractivity contribution >= 4 is 11.6 Å². The van der Waals surface area contributed by atoms with Crippen LogP contribution in [-0.4, -0.2) is 6.54 Å². The van der Waals surface area contributed by atoms with E-state index < -0.39 is 0 Å². The molecule has 1 aromatic heterocycles. The number of rotatable bonds is 4. The number of nitrogens with one attached hydrogen (secondary N) is 1. The second-order valence-corrected chi connectivity index (χ2v) is 5.28. The molecule has 102 valence electrons. The molecule has 2 nitrogen and oxygen atoms in total. The Bertz CT molecular complexity index is 574. The molecule has 1 atom stereocenters. The number of hydrogen-bond donors (Lipinski definition) is 1. The molecule has 1 heterocycles. The van der Waals surface area contributed by atoms with Crippen LogP contribution in [0.25, 0.3) is 0 Å². The molecule has 0 bridgehead atoms. The quantitative estimate of drug-likeness (QED) is 0.886. The molecule has 0 aliphatic heterocycles. The molecule has 0 aliphatic rings. The fraction of sp³-hybridized carbons (Fsp3) is 0.375. The molecule has 0 aliphatic carbocycles. The maximum Gasteiger partial charge on any atom is 0.198 e. The summed E-state index contributed by atoms with van der Waals surface area (Å²) in [6.07, 6.45) is 1.64. The molecule has 2 aromatic rings. The number of benzene rings is 1. The maximum atomic E-state index is 6.14. The highest BCUT2D eigenvalue weighted by molar-refractivity contribution is 6.29. The van der Waals surface area contributed by atoms with E-state index in [1.54, 1.807) is 6.26 Å². The first kappa shape index (κ1) is 14.2. The van der Waals surface area contributed by atoms with Gasteiger partial charge in [-0.25, -0.2) is 0 Å². The highest BCUT2D eigenvalue weighted by atomic mass is 35.5. The third-order valence-electron chi connectivity index (χ3n) is 3.56. The topological polar surface area (TPSA) is 25.2 Å². The predicted molar refractivity (Wildman–Crippen MR) is 79.9 cm³/mol. The van der Waals surface area contributed by atoms with Crippen LogP contribution in [-0.2, 0) is 0 Å². The first-order chi connectivity index (χ1) is 9.04. The van der Waals surface area contributed by atoms with E-state index in [0.29, 0.717) is 5.22 Å². The molecule has 2 rings (SSSR count). The Morgan fingerprint density at radius 2 is 1.79 bits per heavy atom. The predicted octanol–water partition coefficient (Wildman–Crippen LogP) is 4.56. The zero-order valence-corrected chi connectivity index (χ0v) is 12.6. The first-order valence-corrected chi connectivity index (χ1v) is 6.96. The minimum atomic E-state index is 0.0792. The Balaban J connectivity index is 2.51. The van der Waals surface area contributed by atoms with Crippen LogP contribution < -0.4 is 5.32 Å². The summed E-state index contributed by atoms with van der Waals surface area (Å²) in [5.41, 5.74) is 6.13. The van der Waals surface area contributed by atoms with Crippen LogP contribution in [0.5, 0.6) is 0 Å². The lowest BCUT2D eigenvalue weighted by atomic mass is 9.93. The average molecular weight is 278 g/mol. The summed E-state index contributed by atoms with van der Waals surface area (Å²) in [5.74, 6) is 0. The number of hydrogen-bond acceptors (Lipinski definition) is 2. The van der Waals surface area contributed by atoms with E-state index in [1.807, 2.05) is 6.07 Å². The lowest BCUT2D eigenvalue weighted by Gasteiger charge is -2.21. The van der Waals surface area contributed by atoms with Crippen molar-refractivity contribution in [1.29, 1.82) is 0 Å². The summed E-state index contributed by atoms with van der Waals surface area (Å²) in [7, 11) is 0. The molecule has 0 spiro atoms. The lowest BCUT2D eigenvalue weighted by Crippen LogP contribution is -2.22. The van der Waals surface area contributed by atoms with Crippen molar-refractivity contribution in [3.05, 3.63) is 57.5 Å². The van der Waals surface area contributed by atoms with Gasteiger partial charge in [0.2, 0.25) is 0 Å². The molecule has 0 saturated carbocycles. The summed E-state index contributed by atoms with van der Waals surface area (Å²) in [6.45, 7) is 9.38. The minimum Gasteiger partial charge on any atom is -0.453 e. The second-order valence-electron chi connectivity index (χ2n) is 4.93. The number of furan rings is 1. The van der Waals surface area contributed by atoms with Crippen LogP contribution in [0, 0.1) is 20.8 Å². The molecule has 1 aromatic carbocycles. The van der Waals surface area contributed by atoms with Gasteiger partial charge in [-0.15, -0.1) is 0 Å². The van der Waals surface area contributed by atoms with Crippen LogP contribution in [0.15, 0.2) is 28.9 Å². The van der Waals surface area contributed by atoms with E-state index in [1.165, 1.54) is 22.3 Å². The van der Waals surface area contributed by atoms with Gasteiger partial charge in [-0.05, 0) is 67.2 Å². The summed E-state index contributed by atoms with van der Waals surface area (Å²) in [6, 6.07) is 6.48. The smallest absolute Gasteiger partial charge is 0.198 e. The van der Waals surface area contributed by atoms with Gasteiger partial charge in [0.05, 0.1) is 12.3 Å². The molecule has 1 unspecified atom stereocenters. The molecule has 1 N–H and O–H groups in total. The minimum absolute atomic E-state index is 0.0792. The zero-order valence-electron chi connectivity index (χ0n) is 11.9. The maximum absolute atomic E-state index is 6.14. The third-order valence-corrected chi connectivity index (χ3v) is 3.87. The number of halogens is 1. The molecular weight excluding hydrogens is 258 g/mol. The zero-order chi connectivity index (χ0) is 14.0. The van der Waals surface area contributed by atoms with Gasteiger partial charge >= 0.3 is 0 Å². The fourth-order valence-electron chi connectivity index (χ4n) is 2.40. The Morgan fingerprint density at radius 3 is 2.37 bits per heavy atom. The van der Waals surface area contributed by atoms with Crippen molar-refractivity contribution in [3.63, 3.8) is 0 Å². The van der Waals surface area contributed by atoms with Crippen LogP contribution in [0.2, 0.25) is 5.22 Å². The van der Waals surface area contributed by atoms with Gasteiger partial charge in [0.25, 0.3) is 0 Å². The van der Waals surface area contributed by atoms with Gasteiger partial charge in [0.1, 0.15) is 0 Å². The van der Waals surface area contributed by atoms with Crippen molar-refractivity contribution in [2.45, 2.75) is 33.7 Å². The van der Waals surface area contributed by atoms with Gasteiger partial charge in [0, 0.05) is 5.56 Å². The van der Waals surface area contributed by atoms with E-state index in [4.69, 9.17) is 16.0 Å². The highest BCUT2D eigenvalue weighted by Gasteiger charge is 2.20. The van der Waals surface area contributed by atoms with E-state index in [-0.39, 0.29) is 6.04 Å². The summed E-state index contributed by atoms with van der Waals surface area (Å²) in [5, 5.41) is 3.95. The van der Waals surface area contributed by atoms with Crippen LogP contribution in [0.4, 0.5) is 0 Å². The monoisotopic (exact) mass is 277 g/mol. The van der Waals surface area contributed by atoms with E-state index in [0.717, 1.165) is 12.1 Å². The van der Waals surface area contributed by atoms with Crippen molar-refractivity contribution in [1.82, 2.24) is 5.32 Å². The molecule has 0 saturated heterocycles. The van der Waals surface area contributed by atoms with Crippen molar-refractivity contribution in [2.75, 3.05) is 6.54 Å². The standard InChI is InChI=1S/C16H20ClNO/c1-5-18-15(13-6-7-19-16(13)17)14-9-11(3)10(2)8-12(14)4/h6-9,15,18H,5H2,1-4H3. The Hall–Kier alpha value is -1.25.